The number of unbranched alkanes of at least 4 members (excludes halogenated alkanes) is 27. The van der Waals surface area contributed by atoms with Crippen molar-refractivity contribution in [2.24, 2.45) is 0 Å². The Morgan fingerprint density at radius 2 is 0.619 bits per heavy atom. The molecule has 0 N–H and O–H groups in total. The number of ether oxygens (including phenoxy) is 3. The summed E-state index contributed by atoms with van der Waals surface area (Å²) in [5.74, 6) is -0.916. The second-order valence-corrected chi connectivity index (χ2v) is 17.8. The first kappa shape index (κ1) is 60.1. The molecule has 0 saturated carbocycles. The average Bonchev–Trinajstić information content (AvgIpc) is 3.28. The molecule has 1 unspecified atom stereocenters. The molecular weight excluding hydrogens is 781 g/mol. The molecule has 0 aromatic carbocycles. The van der Waals surface area contributed by atoms with Crippen LogP contribution < -0.4 is 0 Å². The van der Waals surface area contributed by atoms with E-state index in [-0.39, 0.29) is 31.1 Å². The molecule has 0 amide bonds. The quantitative estimate of drug-likeness (QED) is 0.0262. The smallest absolute Gasteiger partial charge is 0.306 e. The summed E-state index contributed by atoms with van der Waals surface area (Å²) in [6.07, 6.45) is 63.5. The lowest BCUT2D eigenvalue weighted by atomic mass is 10.0. The fourth-order valence-electron chi connectivity index (χ4n) is 7.49. The number of rotatable bonds is 48. The molecule has 0 rings (SSSR count). The third-order valence-electron chi connectivity index (χ3n) is 11.5. The van der Waals surface area contributed by atoms with Crippen LogP contribution in [0.2, 0.25) is 0 Å². The molecular formula is C57H100O6. The number of hydrogen-bond donors (Lipinski definition) is 0. The molecule has 0 heterocycles. The van der Waals surface area contributed by atoms with Crippen molar-refractivity contribution in [3.8, 4) is 0 Å². The summed E-state index contributed by atoms with van der Waals surface area (Å²) in [4.78, 5) is 38.0. The first-order chi connectivity index (χ1) is 31.0. The van der Waals surface area contributed by atoms with E-state index < -0.39 is 6.10 Å². The molecule has 0 saturated heterocycles. The fraction of sp³-hybridized carbons (Fsp3) is 0.772. The van der Waals surface area contributed by atoms with E-state index in [1.807, 2.05) is 0 Å². The van der Waals surface area contributed by atoms with Crippen LogP contribution in [0.3, 0.4) is 0 Å². The molecule has 0 aromatic rings. The predicted molar refractivity (Wildman–Crippen MR) is 270 cm³/mol. The van der Waals surface area contributed by atoms with Crippen LogP contribution in [0.1, 0.15) is 265 Å². The van der Waals surface area contributed by atoms with Crippen molar-refractivity contribution in [1.82, 2.24) is 0 Å². The molecule has 364 valence electrons. The first-order valence-electron chi connectivity index (χ1n) is 26.8. The zero-order valence-electron chi connectivity index (χ0n) is 41.6. The number of allylic oxidation sites excluding steroid dienone is 10. The summed E-state index contributed by atoms with van der Waals surface area (Å²) >= 11 is 0. The average molecular weight is 881 g/mol. The number of esters is 3. The maximum atomic E-state index is 12.8. The van der Waals surface area contributed by atoms with Crippen LogP contribution in [0.4, 0.5) is 0 Å². The van der Waals surface area contributed by atoms with E-state index in [1.54, 1.807) is 0 Å². The first-order valence-corrected chi connectivity index (χ1v) is 26.8. The van der Waals surface area contributed by atoms with Gasteiger partial charge in [-0.3, -0.25) is 14.4 Å². The topological polar surface area (TPSA) is 78.9 Å². The molecule has 0 aliphatic carbocycles. The number of carbonyl (C=O) groups excluding carboxylic acids is 3. The van der Waals surface area contributed by atoms with E-state index in [4.69, 9.17) is 14.2 Å². The van der Waals surface area contributed by atoms with E-state index in [2.05, 4.69) is 81.5 Å². The van der Waals surface area contributed by atoms with Gasteiger partial charge in [0.15, 0.2) is 6.10 Å². The fourth-order valence-corrected chi connectivity index (χ4v) is 7.49. The van der Waals surface area contributed by atoms with Crippen molar-refractivity contribution in [2.75, 3.05) is 13.2 Å². The van der Waals surface area contributed by atoms with Crippen molar-refractivity contribution in [1.29, 1.82) is 0 Å². The Kier molecular flexibility index (Phi) is 49.4. The zero-order valence-corrected chi connectivity index (χ0v) is 41.6. The molecule has 0 fully saturated rings. The second kappa shape index (κ2) is 51.7. The third-order valence-corrected chi connectivity index (χ3v) is 11.5. The summed E-state index contributed by atoms with van der Waals surface area (Å²) in [6, 6.07) is 0. The predicted octanol–water partition coefficient (Wildman–Crippen LogP) is 17.6. The molecule has 0 aromatic heterocycles. The third kappa shape index (κ3) is 50.0. The monoisotopic (exact) mass is 881 g/mol. The van der Waals surface area contributed by atoms with Crippen LogP contribution in [-0.4, -0.2) is 37.2 Å². The summed E-state index contributed by atoms with van der Waals surface area (Å²) < 4.78 is 16.8. The minimum Gasteiger partial charge on any atom is -0.462 e. The van der Waals surface area contributed by atoms with Gasteiger partial charge < -0.3 is 14.2 Å². The van der Waals surface area contributed by atoms with Crippen LogP contribution in [0.25, 0.3) is 0 Å². The van der Waals surface area contributed by atoms with E-state index >= 15 is 0 Å². The van der Waals surface area contributed by atoms with Gasteiger partial charge in [0, 0.05) is 19.3 Å². The highest BCUT2D eigenvalue weighted by molar-refractivity contribution is 5.71. The molecule has 6 heteroatoms. The summed E-state index contributed by atoms with van der Waals surface area (Å²) in [7, 11) is 0. The van der Waals surface area contributed by atoms with Crippen molar-refractivity contribution in [2.45, 2.75) is 271 Å². The van der Waals surface area contributed by atoms with Crippen LogP contribution in [0.15, 0.2) is 60.8 Å². The minimum absolute atomic E-state index is 0.0865. The summed E-state index contributed by atoms with van der Waals surface area (Å²) in [5, 5.41) is 0. The Labute approximate surface area is 390 Å². The van der Waals surface area contributed by atoms with Gasteiger partial charge >= 0.3 is 17.9 Å². The Bertz CT molecular complexity index is 1150. The SMILES string of the molecule is CC/C=C\C/C=C\C/C=C\C/C=C\CCCCCC(=O)OC(COC(=O)CCCCCCCCC/C=C\CCCCCCCC)COC(=O)CCCCCCCCCCCCCC. The van der Waals surface area contributed by atoms with Crippen molar-refractivity contribution >= 4 is 17.9 Å². The van der Waals surface area contributed by atoms with Crippen molar-refractivity contribution in [3.63, 3.8) is 0 Å². The highest BCUT2D eigenvalue weighted by Crippen LogP contribution is 2.15. The van der Waals surface area contributed by atoms with E-state index in [9.17, 15) is 14.4 Å². The Morgan fingerprint density at radius 3 is 1.00 bits per heavy atom. The minimum atomic E-state index is -0.790. The van der Waals surface area contributed by atoms with Gasteiger partial charge in [0.2, 0.25) is 0 Å². The lowest BCUT2D eigenvalue weighted by Crippen LogP contribution is -2.30. The normalized spacial score (nSPS) is 12.5. The molecule has 0 aliphatic rings. The Morgan fingerprint density at radius 1 is 0.333 bits per heavy atom. The highest BCUT2D eigenvalue weighted by Gasteiger charge is 2.19. The van der Waals surface area contributed by atoms with Gasteiger partial charge in [0.25, 0.3) is 0 Å². The van der Waals surface area contributed by atoms with Crippen molar-refractivity contribution < 1.29 is 28.6 Å². The molecule has 0 radical (unpaired) electrons. The summed E-state index contributed by atoms with van der Waals surface area (Å²) in [6.45, 7) is 6.50. The molecule has 1 atom stereocenters. The van der Waals surface area contributed by atoms with E-state index in [0.717, 1.165) is 89.9 Å². The lowest BCUT2D eigenvalue weighted by Gasteiger charge is -2.18. The van der Waals surface area contributed by atoms with Gasteiger partial charge in [0.05, 0.1) is 0 Å². The molecule has 6 nitrogen and oxygen atoms in total. The van der Waals surface area contributed by atoms with E-state index in [0.29, 0.717) is 19.3 Å². The van der Waals surface area contributed by atoms with Crippen LogP contribution in [-0.2, 0) is 28.6 Å². The molecule has 0 spiro atoms. The van der Waals surface area contributed by atoms with Gasteiger partial charge in [-0.2, -0.15) is 0 Å². The van der Waals surface area contributed by atoms with Crippen LogP contribution in [0.5, 0.6) is 0 Å². The largest absolute Gasteiger partial charge is 0.462 e. The maximum Gasteiger partial charge on any atom is 0.306 e. The number of carbonyl (C=O) groups is 3. The van der Waals surface area contributed by atoms with E-state index in [1.165, 1.54) is 135 Å². The maximum absolute atomic E-state index is 12.8. The second-order valence-electron chi connectivity index (χ2n) is 17.8. The number of hydrogen-bond acceptors (Lipinski definition) is 6. The van der Waals surface area contributed by atoms with Gasteiger partial charge in [-0.1, -0.05) is 223 Å². The van der Waals surface area contributed by atoms with Crippen LogP contribution in [0, 0.1) is 0 Å². The standard InChI is InChI=1S/C57H100O6/c1-4-7-10-13-16-19-22-25-27-29-31-32-35-38-41-44-47-50-56(59)62-53-54(52-61-55(58)49-46-43-40-37-34-24-21-18-15-12-9-6-3)63-57(60)51-48-45-42-39-36-33-30-28-26-23-20-17-14-11-8-5-2/h8,11,17,20,25-28,33,36,54H,4-7,9-10,12-16,18-19,21-24,29-32,34-35,37-53H2,1-3H3/b11-8-,20-17-,27-25-,28-26-,36-33-. The zero-order chi connectivity index (χ0) is 45.8. The molecule has 63 heavy (non-hydrogen) atoms. The molecule has 0 aliphatic heterocycles. The highest BCUT2D eigenvalue weighted by atomic mass is 16.6. The van der Waals surface area contributed by atoms with Crippen molar-refractivity contribution in [3.05, 3.63) is 60.8 Å². The summed E-state index contributed by atoms with van der Waals surface area (Å²) in [5.41, 5.74) is 0. The van der Waals surface area contributed by atoms with Gasteiger partial charge in [-0.25, -0.2) is 0 Å². The Hall–Kier alpha value is -2.89. The molecule has 0 bridgehead atoms. The van der Waals surface area contributed by atoms with Gasteiger partial charge in [0.1, 0.15) is 13.2 Å². The Balaban J connectivity index is 4.41. The van der Waals surface area contributed by atoms with Crippen LogP contribution >= 0.6 is 0 Å². The lowest BCUT2D eigenvalue weighted by molar-refractivity contribution is -0.167. The van der Waals surface area contributed by atoms with Gasteiger partial charge in [-0.05, 0) is 83.5 Å². The van der Waals surface area contributed by atoms with Gasteiger partial charge in [-0.15, -0.1) is 0 Å².